The van der Waals surface area contributed by atoms with Crippen LogP contribution in [-0.2, 0) is 27.9 Å². The van der Waals surface area contributed by atoms with Crippen molar-refractivity contribution in [3.05, 3.63) is 70.8 Å². The summed E-state index contributed by atoms with van der Waals surface area (Å²) >= 11 is 0. The molecule has 0 saturated heterocycles. The zero-order valence-electron chi connectivity index (χ0n) is 16.0. The molecule has 0 heterocycles. The molecule has 26 heavy (non-hydrogen) atoms. The van der Waals surface area contributed by atoms with E-state index in [1.165, 1.54) is 5.56 Å². The molecule has 0 fully saturated rings. The van der Waals surface area contributed by atoms with Gasteiger partial charge in [0.2, 0.25) is 0 Å². The van der Waals surface area contributed by atoms with Crippen molar-refractivity contribution in [2.75, 3.05) is 6.61 Å². The predicted octanol–water partition coefficient (Wildman–Crippen LogP) is 4.02. The normalized spacial score (nSPS) is 11.1. The van der Waals surface area contributed by atoms with E-state index in [4.69, 9.17) is 4.74 Å². The average Bonchev–Trinajstić information content (AvgIpc) is 2.64. The molecule has 4 heteroatoms. The average molecular weight is 353 g/mol. The molecule has 1 N–H and O–H groups in total. The van der Waals surface area contributed by atoms with E-state index in [2.05, 4.69) is 33.0 Å². The number of hydrogen-bond donors (Lipinski definition) is 1. The standard InChI is InChI=1S/C22H27NO3/c1-5-16-6-8-17(9-7-16)14-23-20(24)15-26-21(25)18-10-12-19(13-11-18)22(2,3)4/h6-13H,5,14-15H2,1-4H3,(H,23,24). The van der Waals surface area contributed by atoms with Crippen LogP contribution in [0.1, 0.15) is 54.7 Å². The van der Waals surface area contributed by atoms with Crippen LogP contribution in [0.15, 0.2) is 48.5 Å². The van der Waals surface area contributed by atoms with Crippen LogP contribution >= 0.6 is 0 Å². The van der Waals surface area contributed by atoms with Crippen molar-refractivity contribution < 1.29 is 14.3 Å². The number of esters is 1. The number of ether oxygens (including phenoxy) is 1. The monoisotopic (exact) mass is 353 g/mol. The fourth-order valence-electron chi connectivity index (χ4n) is 2.47. The molecule has 2 aromatic rings. The van der Waals surface area contributed by atoms with Gasteiger partial charge in [0.05, 0.1) is 5.56 Å². The molecule has 0 spiro atoms. The Morgan fingerprint density at radius 1 is 0.923 bits per heavy atom. The van der Waals surface area contributed by atoms with E-state index in [1.807, 2.05) is 36.4 Å². The smallest absolute Gasteiger partial charge is 0.338 e. The van der Waals surface area contributed by atoms with Crippen molar-refractivity contribution >= 4 is 11.9 Å². The molecule has 0 aromatic heterocycles. The van der Waals surface area contributed by atoms with Crippen molar-refractivity contribution in [2.45, 2.75) is 46.1 Å². The van der Waals surface area contributed by atoms with Gasteiger partial charge in [-0.25, -0.2) is 4.79 Å². The molecule has 0 aliphatic carbocycles. The van der Waals surface area contributed by atoms with Gasteiger partial charge in [0.25, 0.3) is 5.91 Å². The minimum Gasteiger partial charge on any atom is -0.452 e. The Hall–Kier alpha value is -2.62. The first kappa shape index (κ1) is 19.7. The Bertz CT molecular complexity index is 740. The molecule has 1 amide bonds. The predicted molar refractivity (Wildman–Crippen MR) is 103 cm³/mol. The van der Waals surface area contributed by atoms with Crippen LogP contribution in [0.25, 0.3) is 0 Å². The molecule has 0 aliphatic rings. The lowest BCUT2D eigenvalue weighted by Crippen LogP contribution is -2.28. The van der Waals surface area contributed by atoms with Crippen molar-refractivity contribution in [1.29, 1.82) is 0 Å². The van der Waals surface area contributed by atoms with Gasteiger partial charge in [-0.1, -0.05) is 64.1 Å². The summed E-state index contributed by atoms with van der Waals surface area (Å²) in [4.78, 5) is 23.9. The highest BCUT2D eigenvalue weighted by Crippen LogP contribution is 2.22. The molecule has 4 nitrogen and oxygen atoms in total. The summed E-state index contributed by atoms with van der Waals surface area (Å²) in [6, 6.07) is 15.4. The van der Waals surface area contributed by atoms with Crippen LogP contribution in [0, 0.1) is 0 Å². The zero-order valence-corrected chi connectivity index (χ0v) is 16.0. The Morgan fingerprint density at radius 2 is 1.50 bits per heavy atom. The summed E-state index contributed by atoms with van der Waals surface area (Å²) in [7, 11) is 0. The van der Waals surface area contributed by atoms with Gasteiger partial charge in [-0.3, -0.25) is 4.79 Å². The largest absolute Gasteiger partial charge is 0.452 e. The molecule has 2 rings (SSSR count). The second-order valence-electron chi connectivity index (χ2n) is 7.35. The molecule has 0 bridgehead atoms. The summed E-state index contributed by atoms with van der Waals surface area (Å²) < 4.78 is 5.09. The van der Waals surface area contributed by atoms with Gasteiger partial charge < -0.3 is 10.1 Å². The molecule has 0 aliphatic heterocycles. The van der Waals surface area contributed by atoms with Crippen LogP contribution in [0.3, 0.4) is 0 Å². The van der Waals surface area contributed by atoms with Gasteiger partial charge in [-0.15, -0.1) is 0 Å². The first-order valence-electron chi connectivity index (χ1n) is 8.92. The van der Waals surface area contributed by atoms with Crippen LogP contribution < -0.4 is 5.32 Å². The molecular formula is C22H27NO3. The van der Waals surface area contributed by atoms with E-state index >= 15 is 0 Å². The Balaban J connectivity index is 1.79. The third-order valence-corrected chi connectivity index (χ3v) is 4.24. The van der Waals surface area contributed by atoms with E-state index in [1.54, 1.807) is 12.1 Å². The van der Waals surface area contributed by atoms with Crippen LogP contribution in [-0.4, -0.2) is 18.5 Å². The number of aryl methyl sites for hydroxylation is 1. The number of hydrogen-bond acceptors (Lipinski definition) is 3. The summed E-state index contributed by atoms with van der Waals surface area (Å²) in [5, 5.41) is 2.76. The highest BCUT2D eigenvalue weighted by atomic mass is 16.5. The topological polar surface area (TPSA) is 55.4 Å². The number of amides is 1. The number of nitrogens with one attached hydrogen (secondary N) is 1. The van der Waals surface area contributed by atoms with Crippen molar-refractivity contribution in [3.8, 4) is 0 Å². The number of carbonyl (C=O) groups is 2. The summed E-state index contributed by atoms with van der Waals surface area (Å²) in [5.74, 6) is -0.808. The van der Waals surface area contributed by atoms with Crippen molar-refractivity contribution in [1.82, 2.24) is 5.32 Å². The molecule has 138 valence electrons. The summed E-state index contributed by atoms with van der Waals surface area (Å²) in [6.45, 7) is 8.57. The van der Waals surface area contributed by atoms with Crippen LogP contribution in [0.2, 0.25) is 0 Å². The minimum atomic E-state index is -0.493. The zero-order chi connectivity index (χ0) is 19.2. The lowest BCUT2D eigenvalue weighted by molar-refractivity contribution is -0.124. The number of rotatable bonds is 6. The molecule has 0 saturated carbocycles. The van der Waals surface area contributed by atoms with Crippen molar-refractivity contribution in [3.63, 3.8) is 0 Å². The Kier molecular flexibility index (Phi) is 6.56. The maximum atomic E-state index is 12.1. The van der Waals surface area contributed by atoms with E-state index < -0.39 is 5.97 Å². The van der Waals surface area contributed by atoms with Gasteiger partial charge in [-0.2, -0.15) is 0 Å². The van der Waals surface area contributed by atoms with Gasteiger partial charge in [-0.05, 0) is 40.7 Å². The molecule has 0 radical (unpaired) electrons. The fraction of sp³-hybridized carbons (Fsp3) is 0.364. The van der Waals surface area contributed by atoms with E-state index in [-0.39, 0.29) is 17.9 Å². The van der Waals surface area contributed by atoms with Crippen LogP contribution in [0.5, 0.6) is 0 Å². The third-order valence-electron chi connectivity index (χ3n) is 4.24. The SMILES string of the molecule is CCc1ccc(CNC(=O)COC(=O)c2ccc(C(C)(C)C)cc2)cc1. The van der Waals surface area contributed by atoms with E-state index in [9.17, 15) is 9.59 Å². The Morgan fingerprint density at radius 3 is 2.04 bits per heavy atom. The van der Waals surface area contributed by atoms with Crippen LogP contribution in [0.4, 0.5) is 0 Å². The van der Waals surface area contributed by atoms with Gasteiger partial charge in [0, 0.05) is 6.54 Å². The van der Waals surface area contributed by atoms with Crippen molar-refractivity contribution in [2.24, 2.45) is 0 Å². The maximum absolute atomic E-state index is 12.1. The minimum absolute atomic E-state index is 0.0254. The van der Waals surface area contributed by atoms with Gasteiger partial charge in [0.15, 0.2) is 6.61 Å². The lowest BCUT2D eigenvalue weighted by Gasteiger charge is -2.18. The van der Waals surface area contributed by atoms with Gasteiger partial charge >= 0.3 is 5.97 Å². The highest BCUT2D eigenvalue weighted by Gasteiger charge is 2.15. The van der Waals surface area contributed by atoms with Gasteiger partial charge in [0.1, 0.15) is 0 Å². The lowest BCUT2D eigenvalue weighted by atomic mass is 9.87. The first-order chi connectivity index (χ1) is 12.3. The first-order valence-corrected chi connectivity index (χ1v) is 8.92. The molecular weight excluding hydrogens is 326 g/mol. The maximum Gasteiger partial charge on any atom is 0.338 e. The summed E-state index contributed by atoms with van der Waals surface area (Å²) in [6.07, 6.45) is 0.985. The molecule has 0 atom stereocenters. The Labute approximate surface area is 155 Å². The van der Waals surface area contributed by atoms with E-state index in [0.717, 1.165) is 17.5 Å². The number of benzene rings is 2. The van der Waals surface area contributed by atoms with E-state index in [0.29, 0.717) is 12.1 Å². The molecule has 2 aromatic carbocycles. The third kappa shape index (κ3) is 5.73. The highest BCUT2D eigenvalue weighted by molar-refractivity contribution is 5.91. The molecule has 0 unspecified atom stereocenters. The fourth-order valence-corrected chi connectivity index (χ4v) is 2.47. The second-order valence-corrected chi connectivity index (χ2v) is 7.35. The number of carbonyl (C=O) groups excluding carboxylic acids is 2. The second kappa shape index (κ2) is 8.65. The quantitative estimate of drug-likeness (QED) is 0.798. The summed E-state index contributed by atoms with van der Waals surface area (Å²) in [5.41, 5.74) is 3.88.